The first-order chi connectivity index (χ1) is 15.2. The van der Waals surface area contributed by atoms with Crippen LogP contribution in [0.25, 0.3) is 22.0 Å². The van der Waals surface area contributed by atoms with E-state index in [2.05, 4.69) is 30.6 Å². The fraction of sp³-hybridized carbons (Fsp3) is 0.182. The molecule has 0 saturated heterocycles. The number of hydrogen-bond acceptors (Lipinski definition) is 7. The molecule has 32 heavy (non-hydrogen) atoms. The number of fused-ring (bicyclic) bond motifs is 1. The topological polar surface area (TPSA) is 95.9 Å². The first kappa shape index (κ1) is 21.4. The highest BCUT2D eigenvalue weighted by molar-refractivity contribution is 5.85. The van der Waals surface area contributed by atoms with Gasteiger partial charge in [-0.25, -0.2) is 9.97 Å². The Hall–Kier alpha value is -3.79. The van der Waals surface area contributed by atoms with Crippen molar-refractivity contribution >= 4 is 28.2 Å². The number of nitrogens with one attached hydrogen (secondary N) is 2. The molecule has 0 saturated carbocycles. The van der Waals surface area contributed by atoms with Gasteiger partial charge in [-0.05, 0) is 36.8 Å². The number of aryl methyl sites for hydroxylation is 1. The Morgan fingerprint density at radius 3 is 2.50 bits per heavy atom. The SMILES string of the molecule is CNc1cc2ncc(-c3cc(Nc4cc(C(O)C(F)(F)F)ccn4)cnc3C)cc2cn1. The van der Waals surface area contributed by atoms with Gasteiger partial charge in [0.05, 0.1) is 17.4 Å². The predicted molar refractivity (Wildman–Crippen MR) is 116 cm³/mol. The second-order valence-corrected chi connectivity index (χ2v) is 7.14. The van der Waals surface area contributed by atoms with Gasteiger partial charge in [-0.15, -0.1) is 0 Å². The molecule has 0 aliphatic rings. The van der Waals surface area contributed by atoms with Crippen LogP contribution >= 0.6 is 0 Å². The maximum Gasteiger partial charge on any atom is 0.418 e. The quantitative estimate of drug-likeness (QED) is 0.411. The van der Waals surface area contributed by atoms with E-state index in [0.29, 0.717) is 11.5 Å². The van der Waals surface area contributed by atoms with E-state index in [-0.39, 0.29) is 11.4 Å². The summed E-state index contributed by atoms with van der Waals surface area (Å²) >= 11 is 0. The minimum Gasteiger partial charge on any atom is -0.379 e. The highest BCUT2D eigenvalue weighted by Gasteiger charge is 2.39. The van der Waals surface area contributed by atoms with E-state index in [1.165, 1.54) is 6.20 Å². The number of pyridine rings is 4. The smallest absolute Gasteiger partial charge is 0.379 e. The van der Waals surface area contributed by atoms with E-state index in [0.717, 1.165) is 39.9 Å². The highest BCUT2D eigenvalue weighted by atomic mass is 19.4. The Balaban J connectivity index is 1.65. The number of aliphatic hydroxyl groups excluding tert-OH is 1. The van der Waals surface area contributed by atoms with E-state index in [9.17, 15) is 18.3 Å². The minimum absolute atomic E-state index is 0.155. The summed E-state index contributed by atoms with van der Waals surface area (Å²) in [6.45, 7) is 1.85. The molecule has 0 amide bonds. The normalized spacial score (nSPS) is 12.6. The van der Waals surface area contributed by atoms with Crippen molar-refractivity contribution in [3.05, 3.63) is 66.4 Å². The Labute approximate surface area is 181 Å². The number of aromatic nitrogens is 4. The van der Waals surface area contributed by atoms with E-state index < -0.39 is 12.3 Å². The van der Waals surface area contributed by atoms with Crippen LogP contribution in [0.3, 0.4) is 0 Å². The van der Waals surface area contributed by atoms with Gasteiger partial charge in [0.1, 0.15) is 11.6 Å². The molecule has 0 fully saturated rings. The lowest BCUT2D eigenvalue weighted by molar-refractivity contribution is -0.206. The third kappa shape index (κ3) is 4.45. The van der Waals surface area contributed by atoms with Gasteiger partial charge in [0.25, 0.3) is 0 Å². The van der Waals surface area contributed by atoms with Gasteiger partial charge in [0.2, 0.25) is 0 Å². The Kier molecular flexibility index (Phi) is 5.62. The van der Waals surface area contributed by atoms with Gasteiger partial charge >= 0.3 is 6.18 Å². The summed E-state index contributed by atoms with van der Waals surface area (Å²) in [4.78, 5) is 17.2. The standard InChI is InChI=1S/C22H19F3N6O/c1-12-17(14-5-15-10-30-19(26-2)8-18(15)29-9-14)7-16(11-28-12)31-20-6-13(3-4-27-20)21(32)22(23,24)25/h3-11,21,32H,1-2H3,(H,26,30)(H,27,31). The van der Waals surface area contributed by atoms with Gasteiger partial charge in [-0.3, -0.25) is 9.97 Å². The van der Waals surface area contributed by atoms with Gasteiger partial charge in [0.15, 0.2) is 6.10 Å². The molecule has 0 radical (unpaired) electrons. The Morgan fingerprint density at radius 1 is 0.938 bits per heavy atom. The average molecular weight is 440 g/mol. The van der Waals surface area contributed by atoms with Gasteiger partial charge in [-0.2, -0.15) is 13.2 Å². The molecule has 1 unspecified atom stereocenters. The fourth-order valence-corrected chi connectivity index (χ4v) is 3.22. The van der Waals surface area contributed by atoms with Crippen molar-refractivity contribution in [3.8, 4) is 11.1 Å². The van der Waals surface area contributed by atoms with Crippen LogP contribution in [0.5, 0.6) is 0 Å². The van der Waals surface area contributed by atoms with Crippen LogP contribution < -0.4 is 10.6 Å². The van der Waals surface area contributed by atoms with E-state index in [1.807, 2.05) is 25.1 Å². The molecule has 0 aromatic carbocycles. The molecule has 0 aliphatic heterocycles. The molecule has 0 spiro atoms. The van der Waals surface area contributed by atoms with Crippen molar-refractivity contribution in [2.24, 2.45) is 0 Å². The second-order valence-electron chi connectivity index (χ2n) is 7.14. The van der Waals surface area contributed by atoms with Crippen molar-refractivity contribution < 1.29 is 18.3 Å². The molecule has 4 rings (SSSR count). The molecule has 164 valence electrons. The van der Waals surface area contributed by atoms with Crippen molar-refractivity contribution in [1.29, 1.82) is 0 Å². The average Bonchev–Trinajstić information content (AvgIpc) is 2.78. The number of halogens is 3. The predicted octanol–water partition coefficient (Wildman–Crippen LogP) is 4.78. The zero-order chi connectivity index (χ0) is 22.9. The van der Waals surface area contributed by atoms with Crippen molar-refractivity contribution in [3.63, 3.8) is 0 Å². The number of alkyl halides is 3. The molecule has 7 nitrogen and oxygen atoms in total. The van der Waals surface area contributed by atoms with Crippen LogP contribution in [0.15, 0.2) is 55.1 Å². The Bertz CT molecular complexity index is 1280. The van der Waals surface area contributed by atoms with Crippen LogP contribution in [-0.2, 0) is 0 Å². The summed E-state index contributed by atoms with van der Waals surface area (Å²) in [7, 11) is 1.78. The summed E-state index contributed by atoms with van der Waals surface area (Å²) in [6.07, 6.45) is -1.13. The second kappa shape index (κ2) is 8.39. The lowest BCUT2D eigenvalue weighted by atomic mass is 10.0. The maximum absolute atomic E-state index is 12.8. The van der Waals surface area contributed by atoms with Crippen LogP contribution in [0.1, 0.15) is 17.4 Å². The summed E-state index contributed by atoms with van der Waals surface area (Å²) in [5, 5.41) is 16.3. The number of anilines is 3. The molecule has 0 aliphatic carbocycles. The van der Waals surface area contributed by atoms with Crippen molar-refractivity contribution in [1.82, 2.24) is 19.9 Å². The highest BCUT2D eigenvalue weighted by Crippen LogP contribution is 2.33. The monoisotopic (exact) mass is 440 g/mol. The van der Waals surface area contributed by atoms with Crippen LogP contribution in [0.2, 0.25) is 0 Å². The number of hydrogen-bond donors (Lipinski definition) is 3. The van der Waals surface area contributed by atoms with Gasteiger partial charge in [0, 0.05) is 53.9 Å². The zero-order valence-corrected chi connectivity index (χ0v) is 17.1. The van der Waals surface area contributed by atoms with Gasteiger partial charge < -0.3 is 15.7 Å². The fourth-order valence-electron chi connectivity index (χ4n) is 3.22. The maximum atomic E-state index is 12.8. The molecule has 4 heterocycles. The van der Waals surface area contributed by atoms with Crippen molar-refractivity contribution in [2.75, 3.05) is 17.7 Å². The Morgan fingerprint density at radius 2 is 1.75 bits per heavy atom. The number of nitrogens with zero attached hydrogens (tertiary/aromatic N) is 4. The third-order valence-corrected chi connectivity index (χ3v) is 4.90. The number of rotatable bonds is 5. The van der Waals surface area contributed by atoms with Crippen LogP contribution in [0, 0.1) is 6.92 Å². The first-order valence-electron chi connectivity index (χ1n) is 9.63. The molecule has 3 N–H and O–H groups in total. The molecular weight excluding hydrogens is 421 g/mol. The zero-order valence-electron chi connectivity index (χ0n) is 17.1. The molecular formula is C22H19F3N6O. The lowest BCUT2D eigenvalue weighted by Gasteiger charge is -2.16. The van der Waals surface area contributed by atoms with E-state index >= 15 is 0 Å². The first-order valence-corrected chi connectivity index (χ1v) is 9.63. The molecule has 0 bridgehead atoms. The molecule has 10 heteroatoms. The summed E-state index contributed by atoms with van der Waals surface area (Å²) < 4.78 is 38.5. The number of aliphatic hydroxyl groups is 1. The van der Waals surface area contributed by atoms with Gasteiger partial charge in [-0.1, -0.05) is 0 Å². The van der Waals surface area contributed by atoms with E-state index in [4.69, 9.17) is 0 Å². The molecule has 4 aromatic heterocycles. The summed E-state index contributed by atoms with van der Waals surface area (Å²) in [5.74, 6) is 0.870. The van der Waals surface area contributed by atoms with Crippen molar-refractivity contribution in [2.45, 2.75) is 19.2 Å². The third-order valence-electron chi connectivity index (χ3n) is 4.90. The summed E-state index contributed by atoms with van der Waals surface area (Å²) in [5.41, 5.74) is 3.39. The van der Waals surface area contributed by atoms with E-state index in [1.54, 1.807) is 25.6 Å². The largest absolute Gasteiger partial charge is 0.418 e. The lowest BCUT2D eigenvalue weighted by Crippen LogP contribution is -2.20. The minimum atomic E-state index is -4.76. The van der Waals surface area contributed by atoms with Crippen LogP contribution in [0.4, 0.5) is 30.5 Å². The molecule has 1 atom stereocenters. The summed E-state index contributed by atoms with van der Waals surface area (Å²) in [6, 6.07) is 7.88. The van der Waals surface area contributed by atoms with Crippen LogP contribution in [-0.4, -0.2) is 38.3 Å². The molecule has 4 aromatic rings.